The molecule has 1 N–H and O–H groups in total. The Hall–Kier alpha value is -1.32. The SMILES string of the molecule is CCc1ccc(C(NC)C(C)Sc2ccccc2F)cc1. The van der Waals surface area contributed by atoms with Gasteiger partial charge in [-0.05, 0) is 36.7 Å². The Morgan fingerprint density at radius 2 is 1.76 bits per heavy atom. The van der Waals surface area contributed by atoms with Crippen LogP contribution in [0.2, 0.25) is 0 Å². The van der Waals surface area contributed by atoms with E-state index in [1.54, 1.807) is 17.8 Å². The van der Waals surface area contributed by atoms with E-state index in [0.29, 0.717) is 4.90 Å². The summed E-state index contributed by atoms with van der Waals surface area (Å²) in [5, 5.41) is 3.59. The number of hydrogen-bond donors (Lipinski definition) is 1. The van der Waals surface area contributed by atoms with Gasteiger partial charge in [0.05, 0.1) is 0 Å². The zero-order chi connectivity index (χ0) is 15.2. The molecule has 0 amide bonds. The summed E-state index contributed by atoms with van der Waals surface area (Å²) in [5.41, 5.74) is 2.58. The highest BCUT2D eigenvalue weighted by molar-refractivity contribution is 8.00. The van der Waals surface area contributed by atoms with Crippen LogP contribution in [0.3, 0.4) is 0 Å². The number of halogens is 1. The molecule has 0 saturated heterocycles. The third-order valence-corrected chi connectivity index (χ3v) is 4.91. The van der Waals surface area contributed by atoms with Crippen molar-refractivity contribution in [3.63, 3.8) is 0 Å². The Kier molecular flexibility index (Phi) is 5.83. The number of rotatable bonds is 6. The highest BCUT2D eigenvalue weighted by Crippen LogP contribution is 2.33. The maximum absolute atomic E-state index is 13.8. The molecule has 112 valence electrons. The molecule has 21 heavy (non-hydrogen) atoms. The lowest BCUT2D eigenvalue weighted by Crippen LogP contribution is -2.25. The molecule has 2 atom stereocenters. The molecular formula is C18H22FNS. The fraction of sp³-hybridized carbons (Fsp3) is 0.333. The van der Waals surface area contributed by atoms with Crippen molar-refractivity contribution in [2.24, 2.45) is 0 Å². The van der Waals surface area contributed by atoms with Crippen LogP contribution in [0.15, 0.2) is 53.4 Å². The number of aryl methyl sites for hydroxylation is 1. The van der Waals surface area contributed by atoms with Gasteiger partial charge in [-0.2, -0.15) is 0 Å². The van der Waals surface area contributed by atoms with Gasteiger partial charge in [-0.25, -0.2) is 4.39 Å². The summed E-state index contributed by atoms with van der Waals surface area (Å²) in [5.74, 6) is -0.148. The van der Waals surface area contributed by atoms with E-state index in [1.165, 1.54) is 17.2 Å². The van der Waals surface area contributed by atoms with Gasteiger partial charge in [-0.1, -0.05) is 50.2 Å². The second kappa shape index (κ2) is 7.62. The van der Waals surface area contributed by atoms with Crippen LogP contribution < -0.4 is 5.32 Å². The number of hydrogen-bond acceptors (Lipinski definition) is 2. The van der Waals surface area contributed by atoms with Crippen molar-refractivity contribution in [3.05, 3.63) is 65.5 Å². The van der Waals surface area contributed by atoms with Gasteiger partial charge >= 0.3 is 0 Å². The predicted octanol–water partition coefficient (Wildman–Crippen LogP) is 4.83. The van der Waals surface area contributed by atoms with Gasteiger partial charge in [-0.3, -0.25) is 0 Å². The molecule has 2 aromatic carbocycles. The molecule has 0 saturated carbocycles. The van der Waals surface area contributed by atoms with Crippen LogP contribution in [0.5, 0.6) is 0 Å². The normalized spacial score (nSPS) is 13.9. The first kappa shape index (κ1) is 16.1. The molecule has 0 aromatic heterocycles. The first-order valence-electron chi connectivity index (χ1n) is 7.33. The third kappa shape index (κ3) is 4.08. The lowest BCUT2D eigenvalue weighted by molar-refractivity contribution is 0.582. The first-order valence-corrected chi connectivity index (χ1v) is 8.21. The van der Waals surface area contributed by atoms with Crippen LogP contribution >= 0.6 is 11.8 Å². The molecule has 0 aliphatic heterocycles. The Bertz CT molecular complexity index is 568. The minimum atomic E-state index is -0.148. The number of thioether (sulfide) groups is 1. The van der Waals surface area contributed by atoms with E-state index in [9.17, 15) is 4.39 Å². The Morgan fingerprint density at radius 3 is 2.33 bits per heavy atom. The number of benzene rings is 2. The zero-order valence-electron chi connectivity index (χ0n) is 12.8. The van der Waals surface area contributed by atoms with E-state index in [0.717, 1.165) is 6.42 Å². The largest absolute Gasteiger partial charge is 0.312 e. The third-order valence-electron chi connectivity index (χ3n) is 3.68. The second-order valence-corrected chi connectivity index (χ2v) is 6.53. The minimum Gasteiger partial charge on any atom is -0.312 e. The van der Waals surface area contributed by atoms with E-state index in [1.807, 2.05) is 19.2 Å². The molecule has 0 fully saturated rings. The lowest BCUT2D eigenvalue weighted by Gasteiger charge is -2.24. The second-order valence-electron chi connectivity index (χ2n) is 5.11. The molecule has 0 aliphatic rings. The maximum Gasteiger partial charge on any atom is 0.136 e. The first-order chi connectivity index (χ1) is 10.2. The summed E-state index contributed by atoms with van der Waals surface area (Å²) in [6.45, 7) is 4.28. The quantitative estimate of drug-likeness (QED) is 0.767. The van der Waals surface area contributed by atoms with Crippen molar-refractivity contribution in [1.29, 1.82) is 0 Å². The molecule has 0 spiro atoms. The van der Waals surface area contributed by atoms with E-state index in [2.05, 4.69) is 43.4 Å². The van der Waals surface area contributed by atoms with Crippen molar-refractivity contribution >= 4 is 11.8 Å². The van der Waals surface area contributed by atoms with Gasteiger partial charge in [0, 0.05) is 16.2 Å². The standard InChI is InChI=1S/C18H22FNS/c1-4-14-9-11-15(12-10-14)18(20-3)13(2)21-17-8-6-5-7-16(17)19/h5-13,18,20H,4H2,1-3H3. The molecular weight excluding hydrogens is 281 g/mol. The predicted molar refractivity (Wildman–Crippen MR) is 89.3 cm³/mol. The van der Waals surface area contributed by atoms with Gasteiger partial charge in [-0.15, -0.1) is 11.8 Å². The van der Waals surface area contributed by atoms with E-state index < -0.39 is 0 Å². The zero-order valence-corrected chi connectivity index (χ0v) is 13.6. The molecule has 2 rings (SSSR count). The van der Waals surface area contributed by atoms with Gasteiger partial charge in [0.2, 0.25) is 0 Å². The van der Waals surface area contributed by atoms with Crippen LogP contribution in [0.4, 0.5) is 4.39 Å². The molecule has 0 radical (unpaired) electrons. The number of nitrogens with one attached hydrogen (secondary N) is 1. The summed E-state index contributed by atoms with van der Waals surface area (Å²) in [6, 6.07) is 15.8. The smallest absolute Gasteiger partial charge is 0.136 e. The highest BCUT2D eigenvalue weighted by atomic mass is 32.2. The lowest BCUT2D eigenvalue weighted by atomic mass is 10.0. The molecule has 2 unspecified atom stereocenters. The molecule has 3 heteroatoms. The minimum absolute atomic E-state index is 0.148. The van der Waals surface area contributed by atoms with Crippen LogP contribution in [-0.2, 0) is 6.42 Å². The summed E-state index contributed by atoms with van der Waals surface area (Å²) in [6.07, 6.45) is 1.05. The summed E-state index contributed by atoms with van der Waals surface area (Å²) >= 11 is 1.57. The van der Waals surface area contributed by atoms with Gasteiger partial charge in [0.15, 0.2) is 0 Å². The Balaban J connectivity index is 2.14. The monoisotopic (exact) mass is 303 g/mol. The van der Waals surface area contributed by atoms with Crippen molar-refractivity contribution in [3.8, 4) is 0 Å². The molecule has 0 bridgehead atoms. The van der Waals surface area contributed by atoms with E-state index >= 15 is 0 Å². The Labute approximate surface area is 131 Å². The summed E-state index contributed by atoms with van der Waals surface area (Å²) in [7, 11) is 1.96. The summed E-state index contributed by atoms with van der Waals surface area (Å²) in [4.78, 5) is 0.704. The molecule has 0 heterocycles. The van der Waals surface area contributed by atoms with Gasteiger partial charge < -0.3 is 5.32 Å². The van der Waals surface area contributed by atoms with Crippen LogP contribution in [0.25, 0.3) is 0 Å². The molecule has 1 nitrogen and oxygen atoms in total. The van der Waals surface area contributed by atoms with E-state index in [4.69, 9.17) is 0 Å². The molecule has 0 aliphatic carbocycles. The fourth-order valence-corrected chi connectivity index (χ4v) is 3.61. The van der Waals surface area contributed by atoms with Crippen molar-refractivity contribution in [2.45, 2.75) is 36.5 Å². The van der Waals surface area contributed by atoms with Gasteiger partial charge in [0.1, 0.15) is 5.82 Å². The average molecular weight is 303 g/mol. The average Bonchev–Trinajstić information content (AvgIpc) is 2.51. The Morgan fingerprint density at radius 1 is 1.10 bits per heavy atom. The van der Waals surface area contributed by atoms with Crippen molar-refractivity contribution < 1.29 is 4.39 Å². The van der Waals surface area contributed by atoms with Gasteiger partial charge in [0.25, 0.3) is 0 Å². The fourth-order valence-electron chi connectivity index (χ4n) is 2.44. The maximum atomic E-state index is 13.8. The van der Waals surface area contributed by atoms with Crippen LogP contribution in [0.1, 0.15) is 31.0 Å². The van der Waals surface area contributed by atoms with Crippen molar-refractivity contribution in [2.75, 3.05) is 7.05 Å². The topological polar surface area (TPSA) is 12.0 Å². The van der Waals surface area contributed by atoms with Crippen molar-refractivity contribution in [1.82, 2.24) is 5.32 Å². The highest BCUT2D eigenvalue weighted by Gasteiger charge is 2.19. The van der Waals surface area contributed by atoms with Crippen LogP contribution in [-0.4, -0.2) is 12.3 Å². The van der Waals surface area contributed by atoms with E-state index in [-0.39, 0.29) is 17.1 Å². The molecule has 2 aromatic rings. The van der Waals surface area contributed by atoms with Crippen LogP contribution in [0, 0.1) is 5.82 Å². The summed E-state index contributed by atoms with van der Waals surface area (Å²) < 4.78 is 13.8.